The Morgan fingerprint density at radius 1 is 1.07 bits per heavy atom. The summed E-state index contributed by atoms with van der Waals surface area (Å²) >= 11 is 18.1. The van der Waals surface area contributed by atoms with Gasteiger partial charge < -0.3 is 9.15 Å². The number of ether oxygens (including phenoxy) is 1. The summed E-state index contributed by atoms with van der Waals surface area (Å²) in [6, 6.07) is 6.60. The van der Waals surface area contributed by atoms with Crippen LogP contribution in [-0.2, 0) is 24.8 Å². The zero-order chi connectivity index (χ0) is 32.3. The molecule has 3 aromatic rings. The van der Waals surface area contributed by atoms with Gasteiger partial charge in [-0.2, -0.15) is 4.68 Å². The Morgan fingerprint density at radius 2 is 1.70 bits per heavy atom. The van der Waals surface area contributed by atoms with Gasteiger partial charge in [-0.25, -0.2) is 13.2 Å². The third kappa shape index (κ3) is 8.15. The van der Waals surface area contributed by atoms with Gasteiger partial charge in [-0.15, -0.1) is 11.5 Å². The van der Waals surface area contributed by atoms with Crippen molar-refractivity contribution in [1.29, 1.82) is 0 Å². The molecule has 0 atom stereocenters. The van der Waals surface area contributed by atoms with Gasteiger partial charge in [0.05, 0.1) is 25.7 Å². The second kappa shape index (κ2) is 13.5. The summed E-state index contributed by atoms with van der Waals surface area (Å²) < 4.78 is 34.4. The Labute approximate surface area is 263 Å². The molecule has 14 heteroatoms. The highest BCUT2D eigenvalue weighted by molar-refractivity contribution is 7.90. The van der Waals surface area contributed by atoms with Crippen LogP contribution in [0.15, 0.2) is 44.4 Å². The maximum absolute atomic E-state index is 12.3. The van der Waals surface area contributed by atoms with Crippen molar-refractivity contribution in [2.45, 2.75) is 50.3 Å². The van der Waals surface area contributed by atoms with E-state index in [1.807, 2.05) is 20.8 Å². The first-order valence-electron chi connectivity index (χ1n) is 12.7. The second-order valence-corrected chi connectivity index (χ2v) is 13.8. The van der Waals surface area contributed by atoms with Crippen molar-refractivity contribution in [2.75, 3.05) is 12.9 Å². The van der Waals surface area contributed by atoms with Crippen LogP contribution in [0.5, 0.6) is 5.75 Å². The molecule has 0 radical (unpaired) electrons. The standard InChI is InChI=1S/C15H14Cl2N2O3.C14H13ClO5S/c1-5-6-21-12-8-11(9(16)7-10(12)17)19-14(20)22-13(18-19)15(2,3)4;1-21(19,20)8-5-6-9(10(15)7-8)14(18)13-11(16)3-2-4-12(13)17/h1,7-8H,6H2,2-4H3;5-7,13H,2-4H2,1H3. The molecule has 2 aromatic carbocycles. The first kappa shape index (κ1) is 34.1. The number of aromatic nitrogens is 2. The predicted molar refractivity (Wildman–Crippen MR) is 161 cm³/mol. The highest BCUT2D eigenvalue weighted by Gasteiger charge is 2.37. The third-order valence-electron chi connectivity index (χ3n) is 6.12. The number of hydrogen-bond acceptors (Lipinski definition) is 9. The molecule has 0 saturated heterocycles. The van der Waals surface area contributed by atoms with Gasteiger partial charge in [0.2, 0.25) is 5.89 Å². The molecule has 1 aliphatic carbocycles. The molecular weight excluding hydrogens is 643 g/mol. The zero-order valence-corrected chi connectivity index (χ0v) is 26.7. The van der Waals surface area contributed by atoms with Crippen LogP contribution in [0.4, 0.5) is 0 Å². The minimum absolute atomic E-state index is 0.00216. The van der Waals surface area contributed by atoms with Crippen molar-refractivity contribution in [3.63, 3.8) is 0 Å². The Bertz CT molecular complexity index is 1780. The van der Waals surface area contributed by atoms with Gasteiger partial charge >= 0.3 is 5.76 Å². The minimum atomic E-state index is -3.44. The van der Waals surface area contributed by atoms with Gasteiger partial charge in [0.25, 0.3) is 0 Å². The monoisotopic (exact) mass is 668 g/mol. The number of halogens is 3. The number of benzene rings is 2. The maximum Gasteiger partial charge on any atom is 0.442 e. The molecule has 0 bridgehead atoms. The van der Waals surface area contributed by atoms with Gasteiger partial charge in [-0.3, -0.25) is 14.4 Å². The van der Waals surface area contributed by atoms with Crippen LogP contribution in [0, 0.1) is 18.3 Å². The summed E-state index contributed by atoms with van der Waals surface area (Å²) in [5.74, 6) is -0.463. The molecule has 1 fully saturated rings. The molecule has 10 nitrogen and oxygen atoms in total. The van der Waals surface area contributed by atoms with Gasteiger partial charge in [-0.05, 0) is 30.7 Å². The van der Waals surface area contributed by atoms with Crippen molar-refractivity contribution in [2.24, 2.45) is 5.92 Å². The van der Waals surface area contributed by atoms with Crippen molar-refractivity contribution >= 4 is 62.0 Å². The average molecular weight is 670 g/mol. The first-order chi connectivity index (χ1) is 19.9. The van der Waals surface area contributed by atoms with Crippen molar-refractivity contribution in [3.05, 3.63) is 67.4 Å². The van der Waals surface area contributed by atoms with Crippen molar-refractivity contribution in [1.82, 2.24) is 9.78 Å². The largest absolute Gasteiger partial charge is 0.479 e. The van der Waals surface area contributed by atoms with Crippen LogP contribution in [0.3, 0.4) is 0 Å². The third-order valence-corrected chi connectivity index (χ3v) is 8.14. The van der Waals surface area contributed by atoms with Crippen LogP contribution in [0.2, 0.25) is 15.1 Å². The fraction of sp³-hybridized carbons (Fsp3) is 0.345. The quantitative estimate of drug-likeness (QED) is 0.194. The van der Waals surface area contributed by atoms with Gasteiger partial charge in [-0.1, -0.05) is 61.5 Å². The lowest BCUT2D eigenvalue weighted by atomic mass is 9.82. The summed E-state index contributed by atoms with van der Waals surface area (Å²) in [5, 5.41) is 4.64. The summed E-state index contributed by atoms with van der Waals surface area (Å²) in [4.78, 5) is 47.9. The lowest BCUT2D eigenvalue weighted by Gasteiger charge is -2.18. The van der Waals surface area contributed by atoms with Crippen LogP contribution in [0.25, 0.3) is 5.69 Å². The minimum Gasteiger partial charge on any atom is -0.479 e. The van der Waals surface area contributed by atoms with E-state index in [1.165, 1.54) is 24.3 Å². The molecule has 0 aliphatic heterocycles. The highest BCUT2D eigenvalue weighted by atomic mass is 35.5. The first-order valence-corrected chi connectivity index (χ1v) is 15.7. The van der Waals surface area contributed by atoms with E-state index >= 15 is 0 Å². The van der Waals surface area contributed by atoms with Crippen LogP contribution in [-0.4, -0.2) is 48.4 Å². The molecule has 4 rings (SSSR count). The molecule has 1 saturated carbocycles. The zero-order valence-electron chi connectivity index (χ0n) is 23.6. The summed E-state index contributed by atoms with van der Waals surface area (Å²) in [7, 11) is -3.44. The van der Waals surface area contributed by atoms with Crippen molar-refractivity contribution in [3.8, 4) is 23.8 Å². The van der Waals surface area contributed by atoms with E-state index in [2.05, 4.69) is 11.0 Å². The molecule has 1 heterocycles. The number of rotatable bonds is 6. The summed E-state index contributed by atoms with van der Waals surface area (Å²) in [6.07, 6.45) is 7.03. The van der Waals surface area contributed by atoms with Gasteiger partial charge in [0, 0.05) is 36.1 Å². The van der Waals surface area contributed by atoms with E-state index < -0.39 is 44.3 Å². The van der Waals surface area contributed by atoms with E-state index in [0.717, 1.165) is 17.0 Å². The molecule has 0 amide bonds. The lowest BCUT2D eigenvalue weighted by molar-refractivity contribution is -0.133. The van der Waals surface area contributed by atoms with E-state index in [9.17, 15) is 27.6 Å². The summed E-state index contributed by atoms with van der Waals surface area (Å²) in [6.45, 7) is 5.69. The van der Waals surface area contributed by atoms with E-state index in [0.29, 0.717) is 23.7 Å². The molecule has 0 unspecified atom stereocenters. The number of ketones is 3. The van der Waals surface area contributed by atoms with E-state index in [1.54, 1.807) is 0 Å². The fourth-order valence-corrected chi connectivity index (χ4v) is 5.43. The Hall–Kier alpha value is -3.43. The molecule has 0 N–H and O–H groups in total. The smallest absolute Gasteiger partial charge is 0.442 e. The number of carbonyl (C=O) groups excluding carboxylic acids is 3. The maximum atomic E-state index is 12.3. The van der Waals surface area contributed by atoms with Gasteiger partial charge in [0.1, 0.15) is 18.3 Å². The molecule has 0 spiro atoms. The molecule has 228 valence electrons. The predicted octanol–water partition coefficient (Wildman–Crippen LogP) is 5.31. The second-order valence-electron chi connectivity index (χ2n) is 10.6. The SMILES string of the molecule is C#CCOc1cc(-n2nc(C(C)(C)C)oc2=O)c(Cl)cc1Cl.CS(=O)(=O)c1ccc(C(=O)C2C(=O)CCCC2=O)c(Cl)c1. The molecular formula is C29H27Cl3N2O8S. The number of hydrogen-bond donors (Lipinski definition) is 0. The topological polar surface area (TPSA) is 143 Å². The van der Waals surface area contributed by atoms with Crippen molar-refractivity contribution < 1.29 is 32.0 Å². The number of nitrogens with zero attached hydrogens (tertiary/aromatic N) is 2. The van der Waals surface area contributed by atoms with Crippen LogP contribution in [0.1, 0.15) is 56.3 Å². The Morgan fingerprint density at radius 3 is 2.21 bits per heavy atom. The Balaban J connectivity index is 0.000000236. The molecule has 1 aliphatic rings. The van der Waals surface area contributed by atoms with E-state index in [4.69, 9.17) is 50.4 Å². The lowest BCUT2D eigenvalue weighted by Crippen LogP contribution is -2.35. The fourth-order valence-electron chi connectivity index (χ4n) is 3.92. The Kier molecular flexibility index (Phi) is 10.7. The van der Waals surface area contributed by atoms with E-state index in [-0.39, 0.29) is 45.0 Å². The molecule has 1 aromatic heterocycles. The summed E-state index contributed by atoms with van der Waals surface area (Å²) in [5.41, 5.74) is -0.105. The van der Waals surface area contributed by atoms with Gasteiger partial charge in [0.15, 0.2) is 27.2 Å². The van der Waals surface area contributed by atoms with Crippen LogP contribution < -0.4 is 10.5 Å². The normalized spacial score (nSPS) is 14.1. The van der Waals surface area contributed by atoms with Crippen LogP contribution >= 0.6 is 34.8 Å². The molecule has 43 heavy (non-hydrogen) atoms. The number of carbonyl (C=O) groups is 3. The average Bonchev–Trinajstić information content (AvgIpc) is 3.29. The highest BCUT2D eigenvalue weighted by Crippen LogP contribution is 2.33. The number of sulfone groups is 1. The number of terminal acetylenes is 1. The number of Topliss-reactive ketones (excluding diaryl/α,β-unsaturated/α-hetero) is 3.